The van der Waals surface area contributed by atoms with Gasteiger partial charge in [0.15, 0.2) is 5.78 Å². The Kier molecular flexibility index (Phi) is 3.78. The molecule has 0 bridgehead atoms. The lowest BCUT2D eigenvalue weighted by Crippen LogP contribution is -2.06. The van der Waals surface area contributed by atoms with E-state index in [0.29, 0.717) is 6.42 Å². The number of hydrogen-bond donors (Lipinski definition) is 0. The average Bonchev–Trinajstić information content (AvgIpc) is 2.35. The summed E-state index contributed by atoms with van der Waals surface area (Å²) in [6.07, 6.45) is 0.291. The summed E-state index contributed by atoms with van der Waals surface area (Å²) in [5.41, 5.74) is 0.825. The largest absolute Gasteiger partial charge is 0.465 e. The van der Waals surface area contributed by atoms with Crippen LogP contribution in [-0.2, 0) is 4.74 Å². The molecule has 0 saturated carbocycles. The Hall–Kier alpha value is -2.15. The standard InChI is InChI=1S/C12H11NO3/c1-3-11(14)10-6-8(12(15)16-2)4-5-9(10)7-13/h4-6H,3H2,1-2H3. The third-order valence-electron chi connectivity index (χ3n) is 2.18. The topological polar surface area (TPSA) is 67.2 Å². The van der Waals surface area contributed by atoms with Crippen LogP contribution in [0.3, 0.4) is 0 Å². The minimum Gasteiger partial charge on any atom is -0.465 e. The summed E-state index contributed by atoms with van der Waals surface area (Å²) >= 11 is 0. The molecule has 0 spiro atoms. The molecule has 0 radical (unpaired) electrons. The number of rotatable bonds is 3. The molecule has 16 heavy (non-hydrogen) atoms. The minimum atomic E-state index is -0.519. The van der Waals surface area contributed by atoms with E-state index in [2.05, 4.69) is 4.74 Å². The summed E-state index contributed by atoms with van der Waals surface area (Å²) in [5, 5.41) is 8.83. The van der Waals surface area contributed by atoms with Crippen LogP contribution in [0.1, 0.15) is 39.6 Å². The van der Waals surface area contributed by atoms with E-state index in [0.717, 1.165) is 0 Å². The Morgan fingerprint density at radius 3 is 2.62 bits per heavy atom. The van der Waals surface area contributed by atoms with Crippen molar-refractivity contribution in [2.75, 3.05) is 7.11 Å². The van der Waals surface area contributed by atoms with Crippen molar-refractivity contribution < 1.29 is 14.3 Å². The van der Waals surface area contributed by atoms with Gasteiger partial charge in [-0.25, -0.2) is 4.79 Å². The number of esters is 1. The molecular weight excluding hydrogens is 206 g/mol. The van der Waals surface area contributed by atoms with Crippen molar-refractivity contribution >= 4 is 11.8 Å². The second-order valence-corrected chi connectivity index (χ2v) is 3.14. The molecule has 0 aliphatic rings. The average molecular weight is 217 g/mol. The number of ether oxygens (including phenoxy) is 1. The lowest BCUT2D eigenvalue weighted by atomic mass is 10.00. The lowest BCUT2D eigenvalue weighted by Gasteiger charge is -2.04. The van der Waals surface area contributed by atoms with Crippen LogP contribution in [0.25, 0.3) is 0 Å². The van der Waals surface area contributed by atoms with E-state index >= 15 is 0 Å². The first-order valence-corrected chi connectivity index (χ1v) is 4.79. The van der Waals surface area contributed by atoms with Gasteiger partial charge in [-0.2, -0.15) is 5.26 Å². The van der Waals surface area contributed by atoms with Gasteiger partial charge in [-0.15, -0.1) is 0 Å². The van der Waals surface area contributed by atoms with Crippen LogP contribution < -0.4 is 0 Å². The molecule has 0 heterocycles. The third kappa shape index (κ3) is 2.26. The van der Waals surface area contributed by atoms with E-state index in [-0.39, 0.29) is 22.5 Å². The van der Waals surface area contributed by atoms with Crippen LogP contribution in [0, 0.1) is 11.3 Å². The number of ketones is 1. The zero-order valence-electron chi connectivity index (χ0n) is 9.11. The van der Waals surface area contributed by atoms with Gasteiger partial charge in [0.25, 0.3) is 0 Å². The van der Waals surface area contributed by atoms with E-state index in [9.17, 15) is 9.59 Å². The van der Waals surface area contributed by atoms with Crippen molar-refractivity contribution in [2.24, 2.45) is 0 Å². The van der Waals surface area contributed by atoms with Gasteiger partial charge in [-0.3, -0.25) is 4.79 Å². The summed E-state index contributed by atoms with van der Waals surface area (Å²) in [7, 11) is 1.27. The minimum absolute atomic E-state index is 0.165. The molecule has 0 fully saturated rings. The molecule has 0 saturated heterocycles. The SMILES string of the molecule is CCC(=O)c1cc(C(=O)OC)ccc1C#N. The predicted molar refractivity (Wildman–Crippen MR) is 57.1 cm³/mol. The molecule has 82 valence electrons. The molecular formula is C12H11NO3. The van der Waals surface area contributed by atoms with Gasteiger partial charge in [0.05, 0.1) is 24.3 Å². The van der Waals surface area contributed by atoms with Gasteiger partial charge >= 0.3 is 5.97 Å². The molecule has 1 rings (SSSR count). The molecule has 0 aromatic heterocycles. The van der Waals surface area contributed by atoms with E-state index in [4.69, 9.17) is 5.26 Å². The van der Waals surface area contributed by atoms with Crippen LogP contribution in [0.5, 0.6) is 0 Å². The number of hydrogen-bond acceptors (Lipinski definition) is 4. The molecule has 1 aromatic carbocycles. The van der Waals surface area contributed by atoms with Crippen LogP contribution in [0.2, 0.25) is 0 Å². The number of nitriles is 1. The van der Waals surface area contributed by atoms with Crippen LogP contribution in [0.4, 0.5) is 0 Å². The Morgan fingerprint density at radius 1 is 1.44 bits per heavy atom. The van der Waals surface area contributed by atoms with Crippen LogP contribution in [0.15, 0.2) is 18.2 Å². The Morgan fingerprint density at radius 2 is 2.12 bits per heavy atom. The molecule has 0 amide bonds. The molecule has 0 unspecified atom stereocenters. The highest BCUT2D eigenvalue weighted by Crippen LogP contribution is 2.14. The quantitative estimate of drug-likeness (QED) is 0.573. The van der Waals surface area contributed by atoms with Crippen molar-refractivity contribution in [3.8, 4) is 6.07 Å². The number of carbonyl (C=O) groups excluding carboxylic acids is 2. The maximum Gasteiger partial charge on any atom is 0.337 e. The summed E-state index contributed by atoms with van der Waals surface area (Å²) in [5.74, 6) is -0.683. The first-order chi connectivity index (χ1) is 7.63. The summed E-state index contributed by atoms with van der Waals surface area (Å²) in [6, 6.07) is 6.24. The van der Waals surface area contributed by atoms with Crippen molar-refractivity contribution in [1.29, 1.82) is 5.26 Å². The van der Waals surface area contributed by atoms with Crippen molar-refractivity contribution in [1.82, 2.24) is 0 Å². The molecule has 1 aromatic rings. The van der Waals surface area contributed by atoms with Crippen LogP contribution >= 0.6 is 0 Å². The first kappa shape index (κ1) is 11.9. The zero-order valence-corrected chi connectivity index (χ0v) is 9.11. The van der Waals surface area contributed by atoms with E-state index in [1.807, 2.05) is 6.07 Å². The van der Waals surface area contributed by atoms with Gasteiger partial charge in [0, 0.05) is 12.0 Å². The smallest absolute Gasteiger partial charge is 0.337 e. The van der Waals surface area contributed by atoms with Crippen molar-refractivity contribution in [2.45, 2.75) is 13.3 Å². The molecule has 0 aliphatic carbocycles. The zero-order chi connectivity index (χ0) is 12.1. The van der Waals surface area contributed by atoms with Gasteiger partial charge in [-0.05, 0) is 18.2 Å². The van der Waals surface area contributed by atoms with Gasteiger partial charge in [0.2, 0.25) is 0 Å². The monoisotopic (exact) mass is 217 g/mol. The van der Waals surface area contributed by atoms with Crippen molar-refractivity contribution in [3.63, 3.8) is 0 Å². The fourth-order valence-electron chi connectivity index (χ4n) is 1.31. The molecule has 4 heteroatoms. The van der Waals surface area contributed by atoms with Gasteiger partial charge in [0.1, 0.15) is 0 Å². The maximum absolute atomic E-state index is 11.6. The number of carbonyl (C=O) groups is 2. The summed E-state index contributed by atoms with van der Waals surface area (Å²) in [6.45, 7) is 1.70. The van der Waals surface area contributed by atoms with E-state index < -0.39 is 5.97 Å². The second-order valence-electron chi connectivity index (χ2n) is 3.14. The number of benzene rings is 1. The summed E-state index contributed by atoms with van der Waals surface area (Å²) in [4.78, 5) is 22.8. The number of Topliss-reactive ketones (excluding diaryl/α,β-unsaturated/α-hetero) is 1. The van der Waals surface area contributed by atoms with E-state index in [1.54, 1.807) is 6.92 Å². The van der Waals surface area contributed by atoms with Gasteiger partial charge in [-0.1, -0.05) is 6.92 Å². The highest BCUT2D eigenvalue weighted by atomic mass is 16.5. The normalized spacial score (nSPS) is 9.31. The molecule has 0 aliphatic heterocycles. The summed E-state index contributed by atoms with van der Waals surface area (Å²) < 4.78 is 4.55. The second kappa shape index (κ2) is 5.08. The first-order valence-electron chi connectivity index (χ1n) is 4.79. The Balaban J connectivity index is 3.28. The fourth-order valence-corrected chi connectivity index (χ4v) is 1.31. The molecule has 4 nitrogen and oxygen atoms in total. The van der Waals surface area contributed by atoms with Crippen molar-refractivity contribution in [3.05, 3.63) is 34.9 Å². The Labute approximate surface area is 93.5 Å². The highest BCUT2D eigenvalue weighted by Gasteiger charge is 2.13. The third-order valence-corrected chi connectivity index (χ3v) is 2.18. The van der Waals surface area contributed by atoms with Gasteiger partial charge < -0.3 is 4.74 Å². The lowest BCUT2D eigenvalue weighted by molar-refractivity contribution is 0.0600. The fraction of sp³-hybridized carbons (Fsp3) is 0.250. The maximum atomic E-state index is 11.6. The van der Waals surface area contributed by atoms with E-state index in [1.165, 1.54) is 25.3 Å². The molecule has 0 atom stereocenters. The molecule has 0 N–H and O–H groups in total. The Bertz CT molecular complexity index is 472. The predicted octanol–water partition coefficient (Wildman–Crippen LogP) is 1.94. The number of nitrogens with zero attached hydrogens (tertiary/aromatic N) is 1. The highest BCUT2D eigenvalue weighted by molar-refractivity contribution is 6.01. The number of methoxy groups -OCH3 is 1. The van der Waals surface area contributed by atoms with Crippen LogP contribution in [-0.4, -0.2) is 18.9 Å².